The largest absolute Gasteiger partial charge is 1.00 e. The Morgan fingerprint density at radius 2 is 2.14 bits per heavy atom. The maximum Gasteiger partial charge on any atom is 1.00 e. The van der Waals surface area contributed by atoms with Gasteiger partial charge >= 0.3 is 29.6 Å². The first kappa shape index (κ1) is 4.06. The van der Waals surface area contributed by atoms with Gasteiger partial charge in [-0.15, -0.1) is 0 Å². The number of hydrogen-bond acceptors (Lipinski definition) is 3. The zero-order valence-electron chi connectivity index (χ0n) is 6.72. The van der Waals surface area contributed by atoms with Crippen LogP contribution in [0, 0.1) is 0 Å². The normalized spacial score (nSPS) is 14.6. The minimum absolute atomic E-state index is 0. The molecule has 34 valence electrons. The van der Waals surface area contributed by atoms with Crippen LogP contribution in [-0.4, -0.2) is 11.8 Å². The third-order valence-corrected chi connectivity index (χ3v) is 0.185. The van der Waals surface area contributed by atoms with Gasteiger partial charge in [0.1, 0.15) is 5.97 Å². The summed E-state index contributed by atoms with van der Waals surface area (Å²) in [5.41, 5.74) is 0. The molecule has 0 aromatic rings. The van der Waals surface area contributed by atoms with Crippen LogP contribution in [0.1, 0.15) is 11.0 Å². The molecule has 0 spiro atoms. The summed E-state index contributed by atoms with van der Waals surface area (Å²) in [5.74, 6) is -4.03. The molecule has 0 aliphatic rings. The second kappa shape index (κ2) is 4.30. The third-order valence-electron chi connectivity index (χ3n) is 0.185. The van der Waals surface area contributed by atoms with Crippen molar-refractivity contribution in [1.82, 2.24) is 0 Å². The van der Waals surface area contributed by atoms with Crippen LogP contribution in [0.3, 0.4) is 0 Å². The van der Waals surface area contributed by atoms with E-state index in [0.717, 1.165) is 0 Å². The van der Waals surface area contributed by atoms with E-state index in [2.05, 4.69) is 0 Å². The second-order valence-corrected chi connectivity index (χ2v) is 0.617. The number of rotatable bonds is 1. The first-order valence-corrected chi connectivity index (χ1v) is 1.11. The van der Waals surface area contributed by atoms with E-state index in [1.807, 2.05) is 0 Å². The van der Waals surface area contributed by atoms with Gasteiger partial charge in [-0.05, 0) is 0 Å². The summed E-state index contributed by atoms with van der Waals surface area (Å²) in [6.07, 6.45) is 0. The van der Waals surface area contributed by atoms with Crippen molar-refractivity contribution >= 4 is 11.8 Å². The molecule has 0 fully saturated rings. The first-order valence-electron chi connectivity index (χ1n) is 2.61. The van der Waals surface area contributed by atoms with E-state index in [4.69, 9.17) is 4.11 Å². The molecule has 0 aliphatic carbocycles. The molecule has 0 heterocycles. The van der Waals surface area contributed by atoms with Gasteiger partial charge in [-0.25, -0.2) is 0 Å². The van der Waals surface area contributed by atoms with E-state index >= 15 is 0 Å². The molecule has 0 aromatic heterocycles. The predicted molar refractivity (Wildman–Crippen MR) is 15.7 cm³/mol. The van der Waals surface area contributed by atoms with Gasteiger partial charge in [0.25, 0.3) is 0 Å². The fourth-order valence-electron chi connectivity index (χ4n) is 0. The van der Waals surface area contributed by atoms with Crippen molar-refractivity contribution in [2.75, 3.05) is 0 Å². The van der Waals surface area contributed by atoms with Crippen molar-refractivity contribution in [3.8, 4) is 0 Å². The van der Waals surface area contributed by atoms with Gasteiger partial charge in [-0.2, -0.15) is 0 Å². The van der Waals surface area contributed by atoms with Crippen molar-refractivity contribution < 1.29 is 48.4 Å². The van der Waals surface area contributed by atoms with E-state index in [9.17, 15) is 14.7 Å². The molecule has 3 nitrogen and oxygen atoms in total. The molecule has 0 N–H and O–H groups in total. The molecule has 0 amide bonds. The Hall–Kier alpha value is 0.140. The van der Waals surface area contributed by atoms with Crippen molar-refractivity contribution in [1.29, 1.82) is 0 Å². The zero-order valence-corrected chi connectivity index (χ0v) is 5.72. The number of carboxylic acids is 1. The third kappa shape index (κ3) is 6.14. The van der Waals surface area contributed by atoms with Gasteiger partial charge < -0.3 is 9.90 Å². The first-order chi connectivity index (χ1) is 3.85. The van der Waals surface area contributed by atoms with Gasteiger partial charge in [-0.1, -0.05) is 0 Å². The Balaban J connectivity index is 0. The summed E-state index contributed by atoms with van der Waals surface area (Å²) in [6, 6.07) is 0. The summed E-state index contributed by atoms with van der Waals surface area (Å²) in [4.78, 5) is 19.5. The molecular weight excluding hydrogens is 108 g/mol. The summed E-state index contributed by atoms with van der Waals surface area (Å²) >= 11 is 0. The van der Waals surface area contributed by atoms with Crippen LogP contribution < -0.4 is 34.7 Å². The van der Waals surface area contributed by atoms with Gasteiger partial charge in [0.15, 0.2) is 5.78 Å². The summed E-state index contributed by atoms with van der Waals surface area (Å²) in [7, 11) is 0. The number of aliphatic carboxylic acids is 1. The molecule has 0 aromatic carbocycles. The van der Waals surface area contributed by atoms with Crippen LogP contribution >= 0.6 is 0 Å². The van der Waals surface area contributed by atoms with Crippen molar-refractivity contribution in [2.24, 2.45) is 0 Å². The monoisotopic (exact) mass is 114 g/mol. The molecule has 0 unspecified atom stereocenters. The maximum atomic E-state index is 9.94. The van der Waals surface area contributed by atoms with Crippen molar-refractivity contribution in [3.05, 3.63) is 0 Å². The zero-order chi connectivity index (χ0) is 7.65. The molecular formula is C3H3NaO3. The number of hydrogen-bond donors (Lipinski definition) is 0. The molecule has 0 radical (unpaired) electrons. The van der Waals surface area contributed by atoms with Crippen LogP contribution in [0.15, 0.2) is 0 Å². The Kier molecular flexibility index (Phi) is 2.50. The molecule has 4 heteroatoms. The van der Waals surface area contributed by atoms with Crippen LogP contribution in [0.2, 0.25) is 0 Å². The average molecular weight is 114 g/mol. The van der Waals surface area contributed by atoms with Gasteiger partial charge in [0, 0.05) is 11.0 Å². The number of ketones is 1. The fourth-order valence-corrected chi connectivity index (χ4v) is 0. The van der Waals surface area contributed by atoms with Crippen LogP contribution in [0.5, 0.6) is 0 Å². The van der Waals surface area contributed by atoms with Crippen LogP contribution in [0.4, 0.5) is 0 Å². The van der Waals surface area contributed by atoms with E-state index in [-0.39, 0.29) is 29.6 Å². The van der Waals surface area contributed by atoms with Gasteiger partial charge in [0.2, 0.25) is 0 Å². The number of carbonyl (C=O) groups excluding carboxylic acids is 2. The Labute approximate surface area is 67.2 Å². The number of Topliss-reactive ketones (excluding diaryl/α,β-unsaturated/α-hetero) is 1. The van der Waals surface area contributed by atoms with E-state index in [1.54, 1.807) is 0 Å². The molecule has 0 saturated carbocycles. The molecule has 0 bridgehead atoms. The Bertz CT molecular complexity index is 152. The van der Waals surface area contributed by atoms with E-state index in [1.165, 1.54) is 0 Å². The SMILES string of the molecule is [2H][13C]([2H])([2H])C(=O)C(=O)[O-].[Na+]. The Morgan fingerprint density at radius 1 is 1.71 bits per heavy atom. The molecule has 0 aliphatic heterocycles. The van der Waals surface area contributed by atoms with Crippen LogP contribution in [-0.2, 0) is 9.59 Å². The van der Waals surface area contributed by atoms with E-state index in [0.29, 0.717) is 0 Å². The minimum atomic E-state index is -3.07. The standard InChI is InChI=1S/C3H4O3.Na/c1-2(4)3(5)6;/h1H3,(H,5,6);/q;+1/p-1/i1+1D3;. The quantitative estimate of drug-likeness (QED) is 0.195. The smallest absolute Gasteiger partial charge is 0.542 e. The topological polar surface area (TPSA) is 57.2 Å². The molecule has 0 saturated heterocycles. The molecule has 0 rings (SSSR count). The predicted octanol–water partition coefficient (Wildman–Crippen LogP) is -4.67. The van der Waals surface area contributed by atoms with E-state index < -0.39 is 18.6 Å². The summed E-state index contributed by atoms with van der Waals surface area (Å²) in [5, 5.41) is 9.53. The fraction of sp³-hybridized carbons (Fsp3) is 0.333. The molecule has 0 atom stereocenters. The number of carbonyl (C=O) groups is 2. The molecule has 7 heavy (non-hydrogen) atoms. The van der Waals surface area contributed by atoms with Gasteiger partial charge in [0.05, 0.1) is 0 Å². The summed E-state index contributed by atoms with van der Waals surface area (Å²) in [6.45, 7) is -3.07. The van der Waals surface area contributed by atoms with Crippen molar-refractivity contribution in [2.45, 2.75) is 6.85 Å². The van der Waals surface area contributed by atoms with Gasteiger partial charge in [-0.3, -0.25) is 4.79 Å². The van der Waals surface area contributed by atoms with Crippen LogP contribution in [0.25, 0.3) is 0 Å². The van der Waals surface area contributed by atoms with Crippen molar-refractivity contribution in [3.63, 3.8) is 0 Å². The minimum Gasteiger partial charge on any atom is -0.542 e. The second-order valence-electron chi connectivity index (χ2n) is 0.617. The summed E-state index contributed by atoms with van der Waals surface area (Å²) < 4.78 is 18.7. The average Bonchev–Trinajstić information content (AvgIpc) is 1.62. The Morgan fingerprint density at radius 3 is 2.14 bits per heavy atom. The number of carboxylic acid groups (broad SMARTS) is 1. The maximum absolute atomic E-state index is 9.94.